The molecule has 32 heavy (non-hydrogen) atoms. The van der Waals surface area contributed by atoms with Gasteiger partial charge in [-0.1, -0.05) is 48.0 Å². The van der Waals surface area contributed by atoms with Crippen LogP contribution in [0.5, 0.6) is 11.5 Å². The Morgan fingerprint density at radius 1 is 1.03 bits per heavy atom. The molecule has 0 bridgehead atoms. The van der Waals surface area contributed by atoms with E-state index < -0.39 is 11.5 Å². The van der Waals surface area contributed by atoms with Gasteiger partial charge in [0.25, 0.3) is 5.91 Å². The predicted octanol–water partition coefficient (Wildman–Crippen LogP) is 4.04. The summed E-state index contributed by atoms with van der Waals surface area (Å²) in [6.07, 6.45) is -0.315. The summed E-state index contributed by atoms with van der Waals surface area (Å²) in [7, 11) is 0. The molecular formula is C26H23NO5. The average molecular weight is 429 g/mol. The van der Waals surface area contributed by atoms with Crippen LogP contribution in [-0.4, -0.2) is 23.6 Å². The Morgan fingerprint density at radius 2 is 1.81 bits per heavy atom. The van der Waals surface area contributed by atoms with E-state index in [4.69, 9.17) is 9.47 Å². The van der Waals surface area contributed by atoms with Crippen molar-refractivity contribution in [3.63, 3.8) is 0 Å². The van der Waals surface area contributed by atoms with Crippen LogP contribution in [0, 0.1) is 13.8 Å². The van der Waals surface area contributed by atoms with Gasteiger partial charge in [0.05, 0.1) is 18.7 Å². The summed E-state index contributed by atoms with van der Waals surface area (Å²) < 4.78 is 10.8. The zero-order chi connectivity index (χ0) is 22.5. The van der Waals surface area contributed by atoms with Crippen molar-refractivity contribution in [2.45, 2.75) is 32.4 Å². The molecule has 2 aliphatic rings. The molecule has 6 nitrogen and oxygen atoms in total. The van der Waals surface area contributed by atoms with Crippen LogP contribution < -0.4 is 14.4 Å². The highest BCUT2D eigenvalue weighted by Crippen LogP contribution is 2.44. The van der Waals surface area contributed by atoms with E-state index in [0.29, 0.717) is 28.3 Å². The lowest BCUT2D eigenvalue weighted by atomic mass is 9.87. The number of aryl methyl sites for hydroxylation is 2. The summed E-state index contributed by atoms with van der Waals surface area (Å²) in [6.45, 7) is 4.23. The molecule has 2 heterocycles. The quantitative estimate of drug-likeness (QED) is 0.620. The molecule has 1 amide bonds. The Bertz CT molecular complexity index is 1250. The number of hydrogen-bond donors (Lipinski definition) is 1. The molecule has 6 heteroatoms. The lowest BCUT2D eigenvalue weighted by Crippen LogP contribution is -2.41. The van der Waals surface area contributed by atoms with Gasteiger partial charge in [-0.25, -0.2) is 0 Å². The first-order valence-corrected chi connectivity index (χ1v) is 10.5. The number of anilines is 1. The Hall–Kier alpha value is -3.64. The second-order valence-corrected chi connectivity index (χ2v) is 8.37. The van der Waals surface area contributed by atoms with Crippen molar-refractivity contribution in [2.24, 2.45) is 0 Å². The third kappa shape index (κ3) is 3.24. The lowest BCUT2D eigenvalue weighted by Gasteiger charge is -2.23. The van der Waals surface area contributed by atoms with E-state index in [1.165, 1.54) is 4.90 Å². The first-order valence-electron chi connectivity index (χ1n) is 10.5. The largest absolute Gasteiger partial charge is 0.454 e. The van der Waals surface area contributed by atoms with Gasteiger partial charge in [0.1, 0.15) is 0 Å². The van der Waals surface area contributed by atoms with E-state index in [2.05, 4.69) is 0 Å². The van der Waals surface area contributed by atoms with Gasteiger partial charge in [0.2, 0.25) is 6.79 Å². The van der Waals surface area contributed by atoms with E-state index in [0.717, 1.165) is 16.7 Å². The predicted molar refractivity (Wildman–Crippen MR) is 119 cm³/mol. The fraction of sp³-hybridized carbons (Fsp3) is 0.231. The molecule has 0 spiro atoms. The van der Waals surface area contributed by atoms with Crippen LogP contribution in [0.3, 0.4) is 0 Å². The molecule has 0 fully saturated rings. The smallest absolute Gasteiger partial charge is 0.264 e. The van der Waals surface area contributed by atoms with Crippen LogP contribution >= 0.6 is 0 Å². The molecule has 3 aromatic rings. The second-order valence-electron chi connectivity index (χ2n) is 8.37. The van der Waals surface area contributed by atoms with E-state index in [-0.39, 0.29) is 25.5 Å². The zero-order valence-electron chi connectivity index (χ0n) is 17.9. The fourth-order valence-corrected chi connectivity index (χ4v) is 4.51. The summed E-state index contributed by atoms with van der Waals surface area (Å²) >= 11 is 0. The summed E-state index contributed by atoms with van der Waals surface area (Å²) in [6, 6.07) is 18.1. The number of fused-ring (bicyclic) bond motifs is 2. The fourth-order valence-electron chi connectivity index (χ4n) is 4.51. The number of rotatable bonds is 5. The number of Topliss-reactive ketones (excluding diaryl/α,β-unsaturated/α-hetero) is 1. The monoisotopic (exact) mass is 429 g/mol. The Balaban J connectivity index is 1.47. The van der Waals surface area contributed by atoms with Crippen molar-refractivity contribution < 1.29 is 24.2 Å². The molecule has 0 aromatic heterocycles. The van der Waals surface area contributed by atoms with Crippen LogP contribution in [-0.2, 0) is 16.9 Å². The topological polar surface area (TPSA) is 76.1 Å². The standard InChI is InChI=1S/C26H23NO5/c1-16-7-9-19(17(2)11-16)22(28)13-26(30)20-5-3-4-6-21(20)27(25(26)29)14-18-8-10-23-24(12-18)32-15-31-23/h3-12,30H,13-15H2,1-2H3. The number of aliphatic hydroxyl groups is 1. The number of para-hydroxylation sites is 1. The number of nitrogens with zero attached hydrogens (tertiary/aromatic N) is 1. The maximum atomic E-state index is 13.5. The first-order chi connectivity index (χ1) is 15.4. The minimum Gasteiger partial charge on any atom is -0.454 e. The number of benzene rings is 3. The van der Waals surface area contributed by atoms with Crippen molar-refractivity contribution >= 4 is 17.4 Å². The number of carbonyl (C=O) groups is 2. The highest BCUT2D eigenvalue weighted by atomic mass is 16.7. The molecule has 1 atom stereocenters. The normalized spacial score (nSPS) is 18.7. The van der Waals surface area contributed by atoms with Gasteiger partial charge >= 0.3 is 0 Å². The number of ether oxygens (including phenoxy) is 2. The van der Waals surface area contributed by atoms with E-state index in [1.54, 1.807) is 30.3 Å². The van der Waals surface area contributed by atoms with Crippen LogP contribution in [0.2, 0.25) is 0 Å². The van der Waals surface area contributed by atoms with Gasteiger partial charge in [-0.05, 0) is 43.2 Å². The molecule has 3 aromatic carbocycles. The van der Waals surface area contributed by atoms with Crippen molar-refractivity contribution in [3.8, 4) is 11.5 Å². The zero-order valence-corrected chi connectivity index (χ0v) is 17.9. The van der Waals surface area contributed by atoms with Crippen molar-refractivity contribution in [1.29, 1.82) is 0 Å². The van der Waals surface area contributed by atoms with E-state index >= 15 is 0 Å². The van der Waals surface area contributed by atoms with Crippen molar-refractivity contribution in [1.82, 2.24) is 0 Å². The lowest BCUT2D eigenvalue weighted by molar-refractivity contribution is -0.136. The molecule has 0 saturated carbocycles. The van der Waals surface area contributed by atoms with Crippen LogP contribution in [0.25, 0.3) is 0 Å². The van der Waals surface area contributed by atoms with Crippen molar-refractivity contribution in [3.05, 3.63) is 88.5 Å². The minimum absolute atomic E-state index is 0.171. The Morgan fingerprint density at radius 3 is 2.62 bits per heavy atom. The highest BCUT2D eigenvalue weighted by molar-refractivity contribution is 6.11. The first kappa shape index (κ1) is 20.3. The third-order valence-electron chi connectivity index (χ3n) is 6.12. The van der Waals surface area contributed by atoms with Gasteiger partial charge < -0.3 is 19.5 Å². The number of ketones is 1. The molecule has 1 N–H and O–H groups in total. The summed E-state index contributed by atoms with van der Waals surface area (Å²) in [5, 5.41) is 11.5. The average Bonchev–Trinajstić information content (AvgIpc) is 3.31. The maximum Gasteiger partial charge on any atom is 0.264 e. The molecular weight excluding hydrogens is 406 g/mol. The Labute approximate surface area is 186 Å². The van der Waals surface area contributed by atoms with Gasteiger partial charge in [0, 0.05) is 11.1 Å². The van der Waals surface area contributed by atoms with Crippen molar-refractivity contribution in [2.75, 3.05) is 11.7 Å². The highest BCUT2D eigenvalue weighted by Gasteiger charge is 2.50. The number of carbonyl (C=O) groups excluding carboxylic acids is 2. The third-order valence-corrected chi connectivity index (χ3v) is 6.12. The summed E-state index contributed by atoms with van der Waals surface area (Å²) in [5.41, 5.74) is 2.37. The van der Waals surface area contributed by atoms with Gasteiger partial charge in [0.15, 0.2) is 22.9 Å². The molecule has 0 saturated heterocycles. The molecule has 0 radical (unpaired) electrons. The molecule has 162 valence electrons. The van der Waals surface area contributed by atoms with Crippen LogP contribution in [0.15, 0.2) is 60.7 Å². The number of amides is 1. The SMILES string of the molecule is Cc1ccc(C(=O)CC2(O)C(=O)N(Cc3ccc4c(c3)OCO4)c3ccccc32)c(C)c1. The summed E-state index contributed by atoms with van der Waals surface area (Å²) in [5.74, 6) is 0.521. The molecule has 5 rings (SSSR count). The molecule has 2 aliphatic heterocycles. The maximum absolute atomic E-state index is 13.5. The van der Waals surface area contributed by atoms with Crippen LogP contribution in [0.4, 0.5) is 5.69 Å². The Kier molecular flexibility index (Phi) is 4.75. The van der Waals surface area contributed by atoms with E-state index in [1.807, 2.05) is 44.2 Å². The minimum atomic E-state index is -1.92. The molecule has 0 aliphatic carbocycles. The second kappa shape index (κ2) is 7.50. The van der Waals surface area contributed by atoms with Gasteiger partial charge in [-0.15, -0.1) is 0 Å². The van der Waals surface area contributed by atoms with E-state index in [9.17, 15) is 14.7 Å². The van der Waals surface area contributed by atoms with Crippen LogP contribution in [0.1, 0.15) is 39.0 Å². The van der Waals surface area contributed by atoms with Gasteiger partial charge in [-0.2, -0.15) is 0 Å². The van der Waals surface area contributed by atoms with Gasteiger partial charge in [-0.3, -0.25) is 9.59 Å². The number of hydrogen-bond acceptors (Lipinski definition) is 5. The molecule has 1 unspecified atom stereocenters. The summed E-state index contributed by atoms with van der Waals surface area (Å²) in [4.78, 5) is 28.2.